The van der Waals surface area contributed by atoms with Crippen molar-refractivity contribution in [2.75, 3.05) is 18.8 Å². The molecule has 1 aliphatic heterocycles. The Labute approximate surface area is 231 Å². The first-order chi connectivity index (χ1) is 18.9. The molecule has 13 heteroatoms. The molecule has 1 unspecified atom stereocenters. The zero-order chi connectivity index (χ0) is 29.0. The lowest BCUT2D eigenvalue weighted by molar-refractivity contribution is -0.384. The molecule has 40 heavy (non-hydrogen) atoms. The number of piperidine rings is 1. The number of likely N-dealkylation sites (tertiary alicyclic amines) is 1. The van der Waals surface area contributed by atoms with Crippen molar-refractivity contribution in [3.63, 3.8) is 0 Å². The monoisotopic (exact) mass is 567 g/mol. The Morgan fingerprint density at radius 3 is 2.30 bits per heavy atom. The van der Waals surface area contributed by atoms with E-state index in [0.29, 0.717) is 35.7 Å². The number of nitrogens with one attached hydrogen (secondary N) is 1. The number of nitrogens with zero attached hydrogens (tertiary/aromatic N) is 3. The van der Waals surface area contributed by atoms with E-state index in [4.69, 9.17) is 5.73 Å². The Kier molecular flexibility index (Phi) is 8.45. The van der Waals surface area contributed by atoms with E-state index in [1.54, 1.807) is 17.0 Å². The molecule has 3 aromatic carbocycles. The number of hydrogen-bond acceptors (Lipinski definition) is 8. The lowest BCUT2D eigenvalue weighted by Gasteiger charge is -2.33. The predicted molar refractivity (Wildman–Crippen MR) is 149 cm³/mol. The summed E-state index contributed by atoms with van der Waals surface area (Å²) in [6, 6.07) is 14.7. The maximum atomic E-state index is 13.5. The molecule has 210 valence electrons. The van der Waals surface area contributed by atoms with Gasteiger partial charge < -0.3 is 10.6 Å². The Hall–Kier alpha value is -4.36. The molecular weight excluding hydrogens is 538 g/mol. The van der Waals surface area contributed by atoms with Gasteiger partial charge in [0, 0.05) is 31.3 Å². The summed E-state index contributed by atoms with van der Waals surface area (Å²) in [4.78, 5) is 36.4. The van der Waals surface area contributed by atoms with Crippen molar-refractivity contribution in [2.24, 2.45) is 5.92 Å². The van der Waals surface area contributed by atoms with Gasteiger partial charge in [0.1, 0.15) is 11.7 Å². The summed E-state index contributed by atoms with van der Waals surface area (Å²) >= 11 is 0. The first-order valence-electron chi connectivity index (χ1n) is 12.6. The molecule has 0 aromatic heterocycles. The minimum atomic E-state index is -4.19. The van der Waals surface area contributed by atoms with Gasteiger partial charge in [0.05, 0.1) is 14.7 Å². The van der Waals surface area contributed by atoms with E-state index in [1.807, 2.05) is 0 Å². The summed E-state index contributed by atoms with van der Waals surface area (Å²) in [6.07, 6.45) is 1.46. The second-order valence-corrected chi connectivity index (χ2v) is 11.6. The highest BCUT2D eigenvalue weighted by atomic mass is 32.2. The zero-order valence-electron chi connectivity index (χ0n) is 21.7. The molecule has 0 radical (unpaired) electrons. The molecule has 1 fully saturated rings. The zero-order valence-corrected chi connectivity index (χ0v) is 22.5. The van der Waals surface area contributed by atoms with Crippen molar-refractivity contribution in [3.05, 3.63) is 92.5 Å². The van der Waals surface area contributed by atoms with Crippen LogP contribution in [0.3, 0.4) is 0 Å². The highest BCUT2D eigenvalue weighted by Gasteiger charge is 2.32. The highest BCUT2D eigenvalue weighted by molar-refractivity contribution is 7.89. The fourth-order valence-electron chi connectivity index (χ4n) is 4.62. The van der Waals surface area contributed by atoms with Crippen molar-refractivity contribution in [1.29, 1.82) is 0 Å². The van der Waals surface area contributed by atoms with Crippen LogP contribution in [0.25, 0.3) is 11.1 Å². The number of carbonyl (C=O) groups is 1. The molecule has 1 heterocycles. The van der Waals surface area contributed by atoms with Gasteiger partial charge in [-0.3, -0.25) is 25.0 Å². The molecule has 1 amide bonds. The van der Waals surface area contributed by atoms with Gasteiger partial charge in [0.15, 0.2) is 0 Å². The standard InChI is InChI=1S/C27H29N5O7S/c1-18-11-13-30(14-12-18)27(33)25(15-19-5-10-24(28)26(16-19)32(36)37)29-40(38,39)23-8-6-20(7-9-23)21-3-2-4-22(17-21)31(34)35/h2-10,16-18,25,29H,11-15,28H2,1H3. The Balaban J connectivity index is 1.61. The Morgan fingerprint density at radius 1 is 1.00 bits per heavy atom. The number of nitrogens with two attached hydrogens (primary N) is 1. The molecule has 0 spiro atoms. The van der Waals surface area contributed by atoms with E-state index < -0.39 is 31.8 Å². The Bertz CT molecular complexity index is 1540. The molecule has 0 saturated carbocycles. The number of sulfonamides is 1. The SMILES string of the molecule is CC1CCN(C(=O)C(Cc2ccc(N)c([N+](=O)[O-])c2)NS(=O)(=O)c2ccc(-c3cccc([N+](=O)[O-])c3)cc2)CC1. The number of nitro groups is 2. The molecule has 0 aliphatic carbocycles. The Morgan fingerprint density at radius 2 is 1.68 bits per heavy atom. The molecule has 1 saturated heterocycles. The van der Waals surface area contributed by atoms with E-state index >= 15 is 0 Å². The summed E-state index contributed by atoms with van der Waals surface area (Å²) in [5, 5.41) is 22.5. The van der Waals surface area contributed by atoms with E-state index in [9.17, 15) is 33.4 Å². The molecule has 0 bridgehead atoms. The average Bonchev–Trinajstić information content (AvgIpc) is 2.93. The largest absolute Gasteiger partial charge is 0.393 e. The first kappa shape index (κ1) is 28.6. The van der Waals surface area contributed by atoms with Crippen LogP contribution in [0.5, 0.6) is 0 Å². The predicted octanol–water partition coefficient (Wildman–Crippen LogP) is 3.90. The van der Waals surface area contributed by atoms with Crippen LogP contribution in [-0.2, 0) is 21.2 Å². The molecule has 12 nitrogen and oxygen atoms in total. The fraction of sp³-hybridized carbons (Fsp3) is 0.296. The number of carbonyl (C=O) groups excluding carboxylic acids is 1. The van der Waals surface area contributed by atoms with E-state index in [1.165, 1.54) is 54.6 Å². The van der Waals surface area contributed by atoms with Gasteiger partial charge in [-0.2, -0.15) is 4.72 Å². The summed E-state index contributed by atoms with van der Waals surface area (Å²) in [5.41, 5.74) is 6.76. The molecule has 4 rings (SSSR count). The maximum absolute atomic E-state index is 13.5. The average molecular weight is 568 g/mol. The number of non-ortho nitro benzene ring substituents is 1. The fourth-order valence-corrected chi connectivity index (χ4v) is 5.81. The normalized spacial score (nSPS) is 15.0. The van der Waals surface area contributed by atoms with E-state index in [2.05, 4.69) is 11.6 Å². The summed E-state index contributed by atoms with van der Waals surface area (Å²) in [6.45, 7) is 3.06. The van der Waals surface area contributed by atoms with Crippen molar-refractivity contribution in [2.45, 2.75) is 37.1 Å². The van der Waals surface area contributed by atoms with Crippen LogP contribution >= 0.6 is 0 Å². The van der Waals surface area contributed by atoms with Gasteiger partial charge >= 0.3 is 0 Å². The minimum absolute atomic E-state index is 0.0361. The summed E-state index contributed by atoms with van der Waals surface area (Å²) in [7, 11) is -4.19. The van der Waals surface area contributed by atoms with Crippen LogP contribution in [0.4, 0.5) is 17.1 Å². The van der Waals surface area contributed by atoms with Gasteiger partial charge in [-0.1, -0.05) is 37.3 Å². The third-order valence-corrected chi connectivity index (χ3v) is 8.46. The molecule has 3 N–H and O–H groups in total. The number of amides is 1. The lowest BCUT2D eigenvalue weighted by Crippen LogP contribution is -2.51. The molecule has 1 atom stereocenters. The van der Waals surface area contributed by atoms with Gasteiger partial charge in [0.2, 0.25) is 15.9 Å². The second-order valence-electron chi connectivity index (χ2n) is 9.87. The number of anilines is 1. The van der Waals surface area contributed by atoms with Crippen LogP contribution in [0.15, 0.2) is 71.6 Å². The third-order valence-electron chi connectivity index (χ3n) is 6.98. The quantitative estimate of drug-likeness (QED) is 0.222. The lowest BCUT2D eigenvalue weighted by atomic mass is 9.97. The third kappa shape index (κ3) is 6.61. The number of nitrogen functional groups attached to an aromatic ring is 1. The van der Waals surface area contributed by atoms with Gasteiger partial charge in [-0.05, 0) is 60.1 Å². The summed E-state index contributed by atoms with van der Waals surface area (Å²) in [5.74, 6) is 0.0340. The van der Waals surface area contributed by atoms with Crippen molar-refractivity contribution >= 4 is 33.0 Å². The number of nitro benzene ring substituents is 2. The first-order valence-corrected chi connectivity index (χ1v) is 14.1. The van der Waals surface area contributed by atoms with Crippen molar-refractivity contribution < 1.29 is 23.1 Å². The van der Waals surface area contributed by atoms with Crippen LogP contribution < -0.4 is 10.5 Å². The number of rotatable bonds is 9. The minimum Gasteiger partial charge on any atom is -0.393 e. The van der Waals surface area contributed by atoms with Gasteiger partial charge in [0.25, 0.3) is 11.4 Å². The smallest absolute Gasteiger partial charge is 0.292 e. The molecular formula is C27H29N5O7S. The van der Waals surface area contributed by atoms with Gasteiger partial charge in [-0.15, -0.1) is 0 Å². The topological polar surface area (TPSA) is 179 Å². The maximum Gasteiger partial charge on any atom is 0.292 e. The van der Waals surface area contributed by atoms with Crippen LogP contribution in [0.2, 0.25) is 0 Å². The van der Waals surface area contributed by atoms with Crippen LogP contribution in [0, 0.1) is 26.1 Å². The van der Waals surface area contributed by atoms with E-state index in [0.717, 1.165) is 12.8 Å². The van der Waals surface area contributed by atoms with Crippen LogP contribution in [0.1, 0.15) is 25.3 Å². The second kappa shape index (κ2) is 11.8. The van der Waals surface area contributed by atoms with Gasteiger partial charge in [-0.25, -0.2) is 8.42 Å². The highest BCUT2D eigenvalue weighted by Crippen LogP contribution is 2.27. The van der Waals surface area contributed by atoms with Crippen molar-refractivity contribution in [1.82, 2.24) is 9.62 Å². The van der Waals surface area contributed by atoms with Crippen molar-refractivity contribution in [3.8, 4) is 11.1 Å². The molecule has 1 aliphatic rings. The summed E-state index contributed by atoms with van der Waals surface area (Å²) < 4.78 is 29.3. The van der Waals surface area contributed by atoms with Crippen LogP contribution in [-0.4, -0.2) is 48.2 Å². The molecule has 3 aromatic rings. The number of benzene rings is 3. The number of hydrogen-bond donors (Lipinski definition) is 2. The van der Waals surface area contributed by atoms with E-state index in [-0.39, 0.29) is 28.4 Å².